The summed E-state index contributed by atoms with van der Waals surface area (Å²) in [5.41, 5.74) is 7.55. The topological polar surface area (TPSA) is 24.1 Å². The third-order valence-electron chi connectivity index (χ3n) is 4.39. The molecule has 3 aromatic rings. The molecule has 0 spiro atoms. The first kappa shape index (κ1) is 16.1. The molecule has 3 aromatic carbocycles. The highest BCUT2D eigenvalue weighted by molar-refractivity contribution is 5.68. The van der Waals surface area contributed by atoms with Crippen LogP contribution in [0.15, 0.2) is 72.8 Å². The molecular formula is C22H24N2. The minimum Gasteiger partial charge on any atom is -0.379 e. The van der Waals surface area contributed by atoms with E-state index in [9.17, 15) is 0 Å². The third kappa shape index (κ3) is 3.96. The normalized spacial score (nSPS) is 10.4. The maximum atomic E-state index is 3.56. The minimum atomic E-state index is 0.829. The van der Waals surface area contributed by atoms with Crippen LogP contribution in [0.25, 0.3) is 0 Å². The van der Waals surface area contributed by atoms with Crippen molar-refractivity contribution in [2.75, 3.05) is 10.6 Å². The van der Waals surface area contributed by atoms with Gasteiger partial charge in [0.25, 0.3) is 0 Å². The zero-order chi connectivity index (χ0) is 16.8. The van der Waals surface area contributed by atoms with E-state index >= 15 is 0 Å². The molecule has 0 unspecified atom stereocenters. The Morgan fingerprint density at radius 2 is 0.917 bits per heavy atom. The number of benzene rings is 3. The maximum absolute atomic E-state index is 3.56. The molecule has 122 valence electrons. The predicted molar refractivity (Wildman–Crippen MR) is 103 cm³/mol. The smallest absolute Gasteiger partial charge is 0.0578 e. The summed E-state index contributed by atoms with van der Waals surface area (Å²) in [5, 5.41) is 7.12. The molecular weight excluding hydrogens is 292 g/mol. The van der Waals surface area contributed by atoms with Crippen LogP contribution in [0.3, 0.4) is 0 Å². The Hall–Kier alpha value is -2.74. The Bertz CT molecular complexity index is 740. The van der Waals surface area contributed by atoms with E-state index in [1.54, 1.807) is 0 Å². The van der Waals surface area contributed by atoms with Gasteiger partial charge in [0.15, 0.2) is 0 Å². The standard InChI is InChI=1S/C22H24N2/c1-17-9-3-5-11-19(17)15-23-21-13-7-8-14-22(21)24-16-20-12-6-4-10-18(20)2/h3-14,23-24H,15-16H2,1-2H3. The number of para-hydroxylation sites is 2. The van der Waals surface area contributed by atoms with Crippen molar-refractivity contribution >= 4 is 11.4 Å². The highest BCUT2D eigenvalue weighted by Gasteiger charge is 2.03. The van der Waals surface area contributed by atoms with Gasteiger partial charge in [0, 0.05) is 13.1 Å². The maximum Gasteiger partial charge on any atom is 0.0578 e. The second kappa shape index (κ2) is 7.69. The minimum absolute atomic E-state index is 0.829. The van der Waals surface area contributed by atoms with Gasteiger partial charge in [-0.3, -0.25) is 0 Å². The van der Waals surface area contributed by atoms with Crippen LogP contribution in [0.4, 0.5) is 11.4 Å². The fourth-order valence-corrected chi connectivity index (χ4v) is 2.79. The molecule has 0 saturated heterocycles. The van der Waals surface area contributed by atoms with Crippen LogP contribution in [0.2, 0.25) is 0 Å². The van der Waals surface area contributed by atoms with Crippen molar-refractivity contribution < 1.29 is 0 Å². The Morgan fingerprint density at radius 3 is 1.33 bits per heavy atom. The fraction of sp³-hybridized carbons (Fsp3) is 0.182. The van der Waals surface area contributed by atoms with Crippen molar-refractivity contribution in [2.24, 2.45) is 0 Å². The van der Waals surface area contributed by atoms with Crippen LogP contribution < -0.4 is 10.6 Å². The molecule has 0 fully saturated rings. The van der Waals surface area contributed by atoms with E-state index in [-0.39, 0.29) is 0 Å². The Labute approximate surface area is 144 Å². The van der Waals surface area contributed by atoms with Gasteiger partial charge in [-0.15, -0.1) is 0 Å². The van der Waals surface area contributed by atoms with Crippen LogP contribution in [0.5, 0.6) is 0 Å². The summed E-state index contributed by atoms with van der Waals surface area (Å²) in [7, 11) is 0. The van der Waals surface area contributed by atoms with Crippen molar-refractivity contribution in [1.82, 2.24) is 0 Å². The van der Waals surface area contributed by atoms with Crippen LogP contribution in [-0.2, 0) is 13.1 Å². The largest absolute Gasteiger partial charge is 0.379 e. The summed E-state index contributed by atoms with van der Waals surface area (Å²) in [6.45, 7) is 5.96. The van der Waals surface area contributed by atoms with Gasteiger partial charge in [-0.05, 0) is 48.2 Å². The van der Waals surface area contributed by atoms with E-state index in [4.69, 9.17) is 0 Å². The first-order valence-electron chi connectivity index (χ1n) is 8.40. The quantitative estimate of drug-likeness (QED) is 0.625. The SMILES string of the molecule is Cc1ccccc1CNc1ccccc1NCc1ccccc1C. The number of nitrogens with one attached hydrogen (secondary N) is 2. The van der Waals surface area contributed by atoms with Crippen molar-refractivity contribution in [3.63, 3.8) is 0 Å². The van der Waals surface area contributed by atoms with Gasteiger partial charge in [0.05, 0.1) is 11.4 Å². The van der Waals surface area contributed by atoms with Crippen LogP contribution in [0.1, 0.15) is 22.3 Å². The molecule has 3 rings (SSSR count). The Morgan fingerprint density at radius 1 is 0.542 bits per heavy atom. The molecule has 0 aliphatic carbocycles. The first-order valence-corrected chi connectivity index (χ1v) is 8.40. The number of anilines is 2. The van der Waals surface area contributed by atoms with Gasteiger partial charge in [0.1, 0.15) is 0 Å². The lowest BCUT2D eigenvalue weighted by Crippen LogP contribution is -2.06. The summed E-state index contributed by atoms with van der Waals surface area (Å²) >= 11 is 0. The van der Waals surface area contributed by atoms with E-state index in [2.05, 4.69) is 97.3 Å². The molecule has 0 atom stereocenters. The zero-order valence-corrected chi connectivity index (χ0v) is 14.3. The molecule has 0 aliphatic heterocycles. The van der Waals surface area contributed by atoms with Crippen molar-refractivity contribution in [3.8, 4) is 0 Å². The molecule has 0 bridgehead atoms. The van der Waals surface area contributed by atoms with Crippen LogP contribution >= 0.6 is 0 Å². The second-order valence-corrected chi connectivity index (χ2v) is 6.11. The average molecular weight is 316 g/mol. The lowest BCUT2D eigenvalue weighted by atomic mass is 10.1. The van der Waals surface area contributed by atoms with Crippen molar-refractivity contribution in [2.45, 2.75) is 26.9 Å². The molecule has 0 aliphatic rings. The highest BCUT2D eigenvalue weighted by Crippen LogP contribution is 2.23. The van der Waals surface area contributed by atoms with E-state index in [1.165, 1.54) is 22.3 Å². The lowest BCUT2D eigenvalue weighted by Gasteiger charge is -2.15. The second-order valence-electron chi connectivity index (χ2n) is 6.11. The molecule has 0 saturated carbocycles. The van der Waals surface area contributed by atoms with Gasteiger partial charge >= 0.3 is 0 Å². The molecule has 2 heteroatoms. The summed E-state index contributed by atoms with van der Waals surface area (Å²) < 4.78 is 0. The van der Waals surface area contributed by atoms with E-state index in [0.717, 1.165) is 24.5 Å². The third-order valence-corrected chi connectivity index (χ3v) is 4.39. The molecule has 0 aromatic heterocycles. The lowest BCUT2D eigenvalue weighted by molar-refractivity contribution is 1.10. The van der Waals surface area contributed by atoms with Gasteiger partial charge < -0.3 is 10.6 Å². The Balaban J connectivity index is 1.69. The number of hydrogen-bond acceptors (Lipinski definition) is 2. The van der Waals surface area contributed by atoms with Crippen LogP contribution in [0, 0.1) is 13.8 Å². The Kier molecular flexibility index (Phi) is 5.17. The van der Waals surface area contributed by atoms with E-state index in [0.29, 0.717) is 0 Å². The predicted octanol–water partition coefficient (Wildman–Crippen LogP) is 5.53. The highest BCUT2D eigenvalue weighted by atomic mass is 14.9. The summed E-state index contributed by atoms with van der Waals surface area (Å²) in [5.74, 6) is 0. The summed E-state index contributed by atoms with van der Waals surface area (Å²) in [6, 6.07) is 25.4. The number of rotatable bonds is 6. The monoisotopic (exact) mass is 316 g/mol. The molecule has 0 radical (unpaired) electrons. The molecule has 24 heavy (non-hydrogen) atoms. The van der Waals surface area contributed by atoms with Gasteiger partial charge in [0.2, 0.25) is 0 Å². The van der Waals surface area contributed by atoms with Crippen molar-refractivity contribution in [1.29, 1.82) is 0 Å². The van der Waals surface area contributed by atoms with Crippen molar-refractivity contribution in [3.05, 3.63) is 95.1 Å². The molecule has 2 nitrogen and oxygen atoms in total. The average Bonchev–Trinajstić information content (AvgIpc) is 2.61. The van der Waals surface area contributed by atoms with Gasteiger partial charge in [-0.25, -0.2) is 0 Å². The molecule has 2 N–H and O–H groups in total. The number of hydrogen-bond donors (Lipinski definition) is 2. The van der Waals surface area contributed by atoms with E-state index < -0.39 is 0 Å². The summed E-state index contributed by atoms with van der Waals surface area (Å²) in [6.07, 6.45) is 0. The number of aryl methyl sites for hydroxylation is 2. The van der Waals surface area contributed by atoms with Crippen LogP contribution in [-0.4, -0.2) is 0 Å². The first-order chi connectivity index (χ1) is 11.7. The molecule has 0 heterocycles. The zero-order valence-electron chi connectivity index (χ0n) is 14.3. The van der Waals surface area contributed by atoms with E-state index in [1.807, 2.05) is 0 Å². The summed E-state index contributed by atoms with van der Waals surface area (Å²) in [4.78, 5) is 0. The van der Waals surface area contributed by atoms with Gasteiger partial charge in [-0.2, -0.15) is 0 Å². The van der Waals surface area contributed by atoms with Gasteiger partial charge in [-0.1, -0.05) is 60.7 Å². The fourth-order valence-electron chi connectivity index (χ4n) is 2.79. The molecule has 0 amide bonds.